The van der Waals surface area contributed by atoms with Crippen molar-refractivity contribution in [2.45, 2.75) is 19.3 Å². The Morgan fingerprint density at radius 2 is 2.08 bits per heavy atom. The molecule has 2 amide bonds. The van der Waals surface area contributed by atoms with E-state index in [1.807, 2.05) is 31.3 Å². The van der Waals surface area contributed by atoms with Gasteiger partial charge in [0.2, 0.25) is 0 Å². The molecule has 0 atom stereocenters. The molecule has 2 heterocycles. The van der Waals surface area contributed by atoms with E-state index in [2.05, 4.69) is 32.7 Å². The molecule has 1 saturated heterocycles. The second-order valence-electron chi connectivity index (χ2n) is 6.74. The Morgan fingerprint density at radius 1 is 1.28 bits per heavy atom. The van der Waals surface area contributed by atoms with Crippen LogP contribution in [0.25, 0.3) is 11.4 Å². The molecule has 2 aromatic rings. The van der Waals surface area contributed by atoms with Crippen LogP contribution >= 0.6 is 0 Å². The van der Waals surface area contributed by atoms with E-state index in [0.717, 1.165) is 36.7 Å². The average Bonchev–Trinajstić information content (AvgIpc) is 3.03. The fourth-order valence-corrected chi connectivity index (χ4v) is 3.12. The number of carbonyl (C=O) groups is 1. The molecule has 1 aliphatic heterocycles. The largest absolute Gasteiger partial charge is 0.338 e. The SMILES string of the molecule is CN1CCC(CCNC(=O)Nc2cccc(-c3ncn(C)n3)c2)CC1. The van der Waals surface area contributed by atoms with Crippen LogP contribution in [0.4, 0.5) is 10.5 Å². The number of hydrogen-bond acceptors (Lipinski definition) is 4. The second kappa shape index (κ2) is 8.11. The topological polar surface area (TPSA) is 75.1 Å². The molecule has 1 aromatic heterocycles. The Labute approximate surface area is 148 Å². The van der Waals surface area contributed by atoms with Crippen molar-refractivity contribution in [3.63, 3.8) is 0 Å². The maximum atomic E-state index is 12.1. The molecule has 0 unspecified atom stereocenters. The van der Waals surface area contributed by atoms with Crippen molar-refractivity contribution in [2.24, 2.45) is 13.0 Å². The Hall–Kier alpha value is -2.41. The molecule has 1 aromatic carbocycles. The van der Waals surface area contributed by atoms with E-state index in [0.29, 0.717) is 12.4 Å². The van der Waals surface area contributed by atoms with Crippen LogP contribution in [0.3, 0.4) is 0 Å². The van der Waals surface area contributed by atoms with Crippen molar-refractivity contribution in [1.82, 2.24) is 25.0 Å². The van der Waals surface area contributed by atoms with Gasteiger partial charge in [-0.2, -0.15) is 5.10 Å². The summed E-state index contributed by atoms with van der Waals surface area (Å²) in [5.74, 6) is 1.36. The number of hydrogen-bond donors (Lipinski definition) is 2. The minimum Gasteiger partial charge on any atom is -0.338 e. The summed E-state index contributed by atoms with van der Waals surface area (Å²) in [6.07, 6.45) is 5.14. The van der Waals surface area contributed by atoms with Gasteiger partial charge in [-0.05, 0) is 57.5 Å². The zero-order chi connectivity index (χ0) is 17.6. The minimum absolute atomic E-state index is 0.168. The highest BCUT2D eigenvalue weighted by Crippen LogP contribution is 2.20. The number of aryl methyl sites for hydroxylation is 1. The summed E-state index contributed by atoms with van der Waals surface area (Å²) in [7, 11) is 3.99. The number of urea groups is 1. The fraction of sp³-hybridized carbons (Fsp3) is 0.500. The van der Waals surface area contributed by atoms with Crippen molar-refractivity contribution >= 4 is 11.7 Å². The number of anilines is 1. The molecule has 0 radical (unpaired) electrons. The number of aromatic nitrogens is 3. The third-order valence-corrected chi connectivity index (χ3v) is 4.65. The minimum atomic E-state index is -0.168. The summed E-state index contributed by atoms with van der Waals surface area (Å²) in [5.41, 5.74) is 1.62. The summed E-state index contributed by atoms with van der Waals surface area (Å²) in [6, 6.07) is 7.40. The highest BCUT2D eigenvalue weighted by atomic mass is 16.2. The van der Waals surface area contributed by atoms with Gasteiger partial charge in [-0.1, -0.05) is 12.1 Å². The van der Waals surface area contributed by atoms with Gasteiger partial charge >= 0.3 is 6.03 Å². The number of carbonyl (C=O) groups excluding carboxylic acids is 1. The number of benzene rings is 1. The predicted molar refractivity (Wildman–Crippen MR) is 98.3 cm³/mol. The van der Waals surface area contributed by atoms with Gasteiger partial charge in [0.15, 0.2) is 5.82 Å². The third kappa shape index (κ3) is 5.03. The van der Waals surface area contributed by atoms with Gasteiger partial charge in [0.05, 0.1) is 0 Å². The van der Waals surface area contributed by atoms with Crippen LogP contribution in [-0.4, -0.2) is 52.4 Å². The molecule has 7 nitrogen and oxygen atoms in total. The number of likely N-dealkylation sites (tertiary alicyclic amines) is 1. The van der Waals surface area contributed by atoms with E-state index in [4.69, 9.17) is 0 Å². The zero-order valence-corrected chi connectivity index (χ0v) is 14.9. The predicted octanol–water partition coefficient (Wildman–Crippen LogP) is 2.34. The van der Waals surface area contributed by atoms with Crippen LogP contribution in [0.5, 0.6) is 0 Å². The molecule has 7 heteroatoms. The van der Waals surface area contributed by atoms with Crippen molar-refractivity contribution in [2.75, 3.05) is 32.0 Å². The first-order chi connectivity index (χ1) is 12.1. The summed E-state index contributed by atoms with van der Waals surface area (Å²) in [6.45, 7) is 3.03. The maximum absolute atomic E-state index is 12.1. The maximum Gasteiger partial charge on any atom is 0.319 e. The van der Waals surface area contributed by atoms with Crippen LogP contribution in [0, 0.1) is 5.92 Å². The lowest BCUT2D eigenvalue weighted by Gasteiger charge is -2.28. The lowest BCUT2D eigenvalue weighted by atomic mass is 9.94. The summed E-state index contributed by atoms with van der Waals surface area (Å²) in [5, 5.41) is 10.1. The lowest BCUT2D eigenvalue weighted by Crippen LogP contribution is -2.34. The number of nitrogens with one attached hydrogen (secondary N) is 2. The molecule has 1 aliphatic rings. The van der Waals surface area contributed by atoms with Crippen LogP contribution < -0.4 is 10.6 Å². The lowest BCUT2D eigenvalue weighted by molar-refractivity contribution is 0.211. The van der Waals surface area contributed by atoms with Crippen LogP contribution in [0.1, 0.15) is 19.3 Å². The first-order valence-electron chi connectivity index (χ1n) is 8.79. The zero-order valence-electron chi connectivity index (χ0n) is 14.9. The molecule has 0 aliphatic carbocycles. The summed E-state index contributed by atoms with van der Waals surface area (Å²) < 4.78 is 1.66. The fourth-order valence-electron chi connectivity index (χ4n) is 3.12. The molecule has 1 fully saturated rings. The van der Waals surface area contributed by atoms with Crippen molar-refractivity contribution in [3.8, 4) is 11.4 Å². The summed E-state index contributed by atoms with van der Waals surface area (Å²) in [4.78, 5) is 18.7. The van der Waals surface area contributed by atoms with E-state index in [-0.39, 0.29) is 6.03 Å². The smallest absolute Gasteiger partial charge is 0.319 e. The average molecular weight is 342 g/mol. The van der Waals surface area contributed by atoms with Gasteiger partial charge < -0.3 is 15.5 Å². The van der Waals surface area contributed by atoms with Gasteiger partial charge in [-0.25, -0.2) is 9.78 Å². The molecule has 0 bridgehead atoms. The molecule has 3 rings (SSSR count). The molecule has 0 spiro atoms. The van der Waals surface area contributed by atoms with Crippen LogP contribution in [0.2, 0.25) is 0 Å². The molecular formula is C18H26N6O. The number of piperidine rings is 1. The molecule has 134 valence electrons. The Morgan fingerprint density at radius 3 is 2.80 bits per heavy atom. The molecular weight excluding hydrogens is 316 g/mol. The van der Waals surface area contributed by atoms with Crippen molar-refractivity contribution in [3.05, 3.63) is 30.6 Å². The highest BCUT2D eigenvalue weighted by molar-refractivity contribution is 5.89. The Kier molecular flexibility index (Phi) is 5.65. The highest BCUT2D eigenvalue weighted by Gasteiger charge is 2.16. The molecule has 2 N–H and O–H groups in total. The number of rotatable bonds is 5. The van der Waals surface area contributed by atoms with Gasteiger partial charge in [0.25, 0.3) is 0 Å². The quantitative estimate of drug-likeness (QED) is 0.874. The molecule has 25 heavy (non-hydrogen) atoms. The van der Waals surface area contributed by atoms with E-state index in [9.17, 15) is 4.79 Å². The van der Waals surface area contributed by atoms with Crippen LogP contribution in [-0.2, 0) is 7.05 Å². The Balaban J connectivity index is 1.46. The first-order valence-corrected chi connectivity index (χ1v) is 8.79. The standard InChI is InChI=1S/C18H26N6O/c1-23-10-7-14(8-11-23)6-9-19-18(25)21-16-5-3-4-15(12-16)17-20-13-24(2)22-17/h3-5,12-14H,6-11H2,1-2H3,(H2,19,21,25). The van der Waals surface area contributed by atoms with Crippen molar-refractivity contribution < 1.29 is 4.79 Å². The second-order valence-corrected chi connectivity index (χ2v) is 6.74. The van der Waals surface area contributed by atoms with E-state index in [1.165, 1.54) is 12.8 Å². The normalized spacial score (nSPS) is 15.9. The van der Waals surface area contributed by atoms with Gasteiger partial charge in [-0.3, -0.25) is 4.68 Å². The van der Waals surface area contributed by atoms with Crippen LogP contribution in [0.15, 0.2) is 30.6 Å². The third-order valence-electron chi connectivity index (χ3n) is 4.65. The monoisotopic (exact) mass is 342 g/mol. The van der Waals surface area contributed by atoms with E-state index >= 15 is 0 Å². The van der Waals surface area contributed by atoms with E-state index in [1.54, 1.807) is 11.0 Å². The van der Waals surface area contributed by atoms with E-state index < -0.39 is 0 Å². The van der Waals surface area contributed by atoms with Crippen molar-refractivity contribution in [1.29, 1.82) is 0 Å². The Bertz CT molecular complexity index is 705. The number of nitrogens with zero attached hydrogens (tertiary/aromatic N) is 4. The van der Waals surface area contributed by atoms with Gasteiger partial charge in [0.1, 0.15) is 6.33 Å². The van der Waals surface area contributed by atoms with Gasteiger partial charge in [0, 0.05) is 24.8 Å². The van der Waals surface area contributed by atoms with Gasteiger partial charge in [-0.15, -0.1) is 0 Å². The number of amides is 2. The molecule has 0 saturated carbocycles. The summed E-state index contributed by atoms with van der Waals surface area (Å²) >= 11 is 0. The first kappa shape index (κ1) is 17.4.